The summed E-state index contributed by atoms with van der Waals surface area (Å²) in [6, 6.07) is 9.73. The molecule has 18 nitrogen and oxygen atoms in total. The van der Waals surface area contributed by atoms with Gasteiger partial charge in [0.25, 0.3) is 11.8 Å². The van der Waals surface area contributed by atoms with Crippen molar-refractivity contribution in [1.29, 1.82) is 0 Å². The third kappa shape index (κ3) is 8.87. The molecule has 0 spiro atoms. The highest BCUT2D eigenvalue weighted by atomic mass is 32.2. The molecule has 2 unspecified atom stereocenters. The molecule has 55 heavy (non-hydrogen) atoms. The lowest BCUT2D eigenvalue weighted by molar-refractivity contribution is -0.664. The van der Waals surface area contributed by atoms with Gasteiger partial charge in [-0.3, -0.25) is 19.8 Å². The zero-order valence-corrected chi connectivity index (χ0v) is 32.3. The molecule has 2 atom stereocenters. The average molecular weight is 795 g/mol. The fraction of sp³-hybridized carbons (Fsp3) is 0.400. The number of aliphatic hydroxyl groups is 1. The van der Waals surface area contributed by atoms with E-state index in [-0.39, 0.29) is 48.7 Å². The van der Waals surface area contributed by atoms with E-state index in [0.29, 0.717) is 34.8 Å². The minimum atomic E-state index is -1.04. The number of ether oxygens (including phenoxy) is 3. The molecule has 3 aromatic heterocycles. The Kier molecular flexibility index (Phi) is 12.0. The van der Waals surface area contributed by atoms with Crippen molar-refractivity contribution in [2.45, 2.75) is 64.4 Å². The number of aromatic nitrogens is 5. The summed E-state index contributed by atoms with van der Waals surface area (Å²) >= 11 is 2.17. The number of β-lactam (4-membered cyclic amide) rings is 1. The minimum absolute atomic E-state index is 0.0548. The van der Waals surface area contributed by atoms with E-state index in [1.54, 1.807) is 65.4 Å². The van der Waals surface area contributed by atoms with Gasteiger partial charge in [-0.2, -0.15) is 9.36 Å². The summed E-state index contributed by atoms with van der Waals surface area (Å²) in [4.78, 5) is 69.1. The van der Waals surface area contributed by atoms with Gasteiger partial charge >= 0.3 is 17.7 Å². The molecule has 3 amide bonds. The van der Waals surface area contributed by atoms with Crippen molar-refractivity contribution in [2.75, 3.05) is 31.4 Å². The molecule has 20 heteroatoms. The Morgan fingerprint density at radius 1 is 1.16 bits per heavy atom. The van der Waals surface area contributed by atoms with Gasteiger partial charge in [-0.15, -0.1) is 11.8 Å². The molecule has 290 valence electrons. The first-order valence-electron chi connectivity index (χ1n) is 17.2. The van der Waals surface area contributed by atoms with E-state index in [9.17, 15) is 24.3 Å². The van der Waals surface area contributed by atoms with Gasteiger partial charge in [-0.05, 0) is 62.5 Å². The number of oxime groups is 1. The first-order valence-corrected chi connectivity index (χ1v) is 19.0. The second kappa shape index (κ2) is 16.8. The van der Waals surface area contributed by atoms with Crippen molar-refractivity contribution >= 4 is 69.2 Å². The molecule has 5 heterocycles. The van der Waals surface area contributed by atoms with Crippen molar-refractivity contribution in [3.63, 3.8) is 0 Å². The van der Waals surface area contributed by atoms with Gasteiger partial charge in [0.15, 0.2) is 0 Å². The lowest BCUT2D eigenvalue weighted by atomic mass is 10.0. The molecule has 1 fully saturated rings. The first-order chi connectivity index (χ1) is 26.4. The topological polar surface area (TPSA) is 213 Å². The van der Waals surface area contributed by atoms with Gasteiger partial charge in [-0.25, -0.2) is 14.2 Å². The van der Waals surface area contributed by atoms with E-state index in [4.69, 9.17) is 19.0 Å². The monoisotopic (exact) mass is 794 g/mol. The molecule has 2 aliphatic heterocycles. The Morgan fingerprint density at radius 3 is 2.65 bits per heavy atom. The number of rotatable bonds is 14. The summed E-state index contributed by atoms with van der Waals surface area (Å²) in [6.07, 6.45) is 2.70. The largest absolute Gasteiger partial charge is 0.497 e. The van der Waals surface area contributed by atoms with E-state index < -0.39 is 40.9 Å². The van der Waals surface area contributed by atoms with Crippen molar-refractivity contribution in [1.82, 2.24) is 29.1 Å². The van der Waals surface area contributed by atoms with Gasteiger partial charge in [-0.1, -0.05) is 17.3 Å². The molecule has 0 radical (unpaired) electrons. The van der Waals surface area contributed by atoms with E-state index in [1.165, 1.54) is 16.7 Å². The van der Waals surface area contributed by atoms with Crippen LogP contribution in [0.15, 0.2) is 65.3 Å². The van der Waals surface area contributed by atoms with Crippen molar-refractivity contribution in [3.05, 3.63) is 71.6 Å². The second-order valence-corrected chi connectivity index (χ2v) is 15.0. The molecule has 0 saturated carbocycles. The number of thioether (sulfide) groups is 1. The van der Waals surface area contributed by atoms with E-state index >= 15 is 0 Å². The highest BCUT2D eigenvalue weighted by Crippen LogP contribution is 2.41. The molecule has 0 aliphatic carbocycles. The lowest BCUT2D eigenvalue weighted by Gasteiger charge is -2.49. The molecular weight excluding hydrogens is 755 g/mol. The number of benzene rings is 1. The standard InChI is InChI=1S/C35H39N9O9S2/c1-6-52-40-24(27-38-33(55-41-27)39-34(49)53-35(2,3)4)29(46)37-25-30(47)44-26(32(48)51-17-20-9-11-22(50-5)12-10-20)21(18-54-31(25)44)16-42-13-7-8-23-28(42)36-19-43(23)14-15-45/h7-13,19,25,31,45H,6,14-18H2,1-5H3,(H-,37,38,39,41,46,49)/p+1/b40-24-. The van der Waals surface area contributed by atoms with Crippen LogP contribution in [0.4, 0.5) is 9.93 Å². The lowest BCUT2D eigenvalue weighted by Crippen LogP contribution is -2.71. The summed E-state index contributed by atoms with van der Waals surface area (Å²) in [5.41, 5.74) is 1.76. The van der Waals surface area contributed by atoms with Crippen LogP contribution in [0.3, 0.4) is 0 Å². The van der Waals surface area contributed by atoms with Gasteiger partial charge in [0.1, 0.15) is 53.7 Å². The molecule has 1 aromatic carbocycles. The molecule has 4 aromatic rings. The maximum atomic E-state index is 13.9. The number of imidazole rings is 1. The number of pyridine rings is 1. The van der Waals surface area contributed by atoms with Crippen LogP contribution < -0.4 is 19.9 Å². The summed E-state index contributed by atoms with van der Waals surface area (Å²) in [6.45, 7) is 7.39. The second-order valence-electron chi connectivity index (χ2n) is 13.2. The molecule has 0 bridgehead atoms. The third-order valence-corrected chi connectivity index (χ3v) is 10.1. The van der Waals surface area contributed by atoms with Crippen LogP contribution >= 0.6 is 23.3 Å². The maximum Gasteiger partial charge on any atom is 0.414 e. The Labute approximate surface area is 323 Å². The highest BCUT2D eigenvalue weighted by molar-refractivity contribution is 8.00. The Morgan fingerprint density at radius 2 is 1.95 bits per heavy atom. The molecular formula is C35H40N9O9S2+. The van der Waals surface area contributed by atoms with Gasteiger partial charge in [0.2, 0.25) is 23.0 Å². The Balaban J connectivity index is 1.24. The smallest absolute Gasteiger partial charge is 0.414 e. The number of hydrogen-bond acceptors (Lipinski definition) is 15. The molecule has 2 aliphatic rings. The SMILES string of the molecule is CCO/N=C(\C(=O)NC1C(=O)N2C(C(=O)OCc3ccc(OC)cc3)=C(C[n+]3cccc4c3ncn4CCO)CSC12)c1nsc(NC(=O)OC(C)(C)C)n1. The first kappa shape index (κ1) is 39.1. The normalized spacial score (nSPS) is 17.0. The van der Waals surface area contributed by atoms with E-state index in [1.807, 2.05) is 27.5 Å². The molecule has 6 rings (SSSR count). The van der Waals surface area contributed by atoms with Gasteiger partial charge < -0.3 is 34.0 Å². The molecule has 1 saturated heterocycles. The van der Waals surface area contributed by atoms with Gasteiger partial charge in [0.05, 0.1) is 19.9 Å². The van der Waals surface area contributed by atoms with Crippen molar-refractivity contribution < 1.29 is 47.9 Å². The summed E-state index contributed by atoms with van der Waals surface area (Å²) in [5, 5.41) is 18.0. The number of amides is 3. The zero-order valence-electron chi connectivity index (χ0n) is 30.7. The van der Waals surface area contributed by atoms with Crippen LogP contribution in [-0.2, 0) is 48.4 Å². The van der Waals surface area contributed by atoms with E-state index in [0.717, 1.165) is 17.0 Å². The minimum Gasteiger partial charge on any atom is -0.497 e. The van der Waals surface area contributed by atoms with Crippen molar-refractivity contribution in [3.8, 4) is 5.75 Å². The van der Waals surface area contributed by atoms with Gasteiger partial charge in [0, 0.05) is 29.4 Å². The van der Waals surface area contributed by atoms with E-state index in [2.05, 4.69) is 30.1 Å². The predicted molar refractivity (Wildman–Crippen MR) is 200 cm³/mol. The fourth-order valence-corrected chi connectivity index (χ4v) is 7.61. The van der Waals surface area contributed by atoms with Crippen LogP contribution in [0, 0.1) is 0 Å². The number of hydrogen-bond donors (Lipinski definition) is 3. The Bertz CT molecular complexity index is 2140. The predicted octanol–water partition coefficient (Wildman–Crippen LogP) is 2.36. The van der Waals surface area contributed by atoms with Crippen LogP contribution in [0.25, 0.3) is 11.2 Å². The number of esters is 1. The van der Waals surface area contributed by atoms with Crippen LogP contribution in [0.2, 0.25) is 0 Å². The number of methoxy groups -OCH3 is 1. The van der Waals surface area contributed by atoms with Crippen LogP contribution in [-0.4, -0.2) is 102 Å². The van der Waals surface area contributed by atoms with Crippen LogP contribution in [0.5, 0.6) is 5.75 Å². The maximum absolute atomic E-state index is 13.9. The average Bonchev–Trinajstić information content (AvgIpc) is 3.79. The molecule has 3 N–H and O–H groups in total. The van der Waals surface area contributed by atoms with Crippen molar-refractivity contribution in [2.24, 2.45) is 5.16 Å². The summed E-state index contributed by atoms with van der Waals surface area (Å²) < 4.78 is 24.1. The number of aliphatic hydroxyl groups excluding tert-OH is 1. The number of nitrogens with zero attached hydrogens (tertiary/aromatic N) is 7. The van der Waals surface area contributed by atoms with Crippen LogP contribution in [0.1, 0.15) is 39.1 Å². The number of fused-ring (bicyclic) bond motifs is 2. The fourth-order valence-electron chi connectivity index (χ4n) is 5.72. The summed E-state index contributed by atoms with van der Waals surface area (Å²) in [5.74, 6) is -1.21. The number of anilines is 1. The highest BCUT2D eigenvalue weighted by Gasteiger charge is 2.55. The number of carbonyl (C=O) groups is 4. The zero-order chi connectivity index (χ0) is 39.3. The number of carbonyl (C=O) groups excluding carboxylic acids is 4. The number of nitrogens with one attached hydrogen (secondary N) is 2. The third-order valence-electron chi connectivity index (χ3n) is 8.15. The summed E-state index contributed by atoms with van der Waals surface area (Å²) in [7, 11) is 1.56. The Hall–Kier alpha value is -5.60. The quantitative estimate of drug-likeness (QED) is 0.0551.